The normalized spacial score (nSPS) is 13.1. The topological polar surface area (TPSA) is 125 Å². The number of ether oxygens (including phenoxy) is 3. The predicted octanol–water partition coefficient (Wildman–Crippen LogP) is 1.03. The van der Waals surface area contributed by atoms with Crippen LogP contribution in [0.3, 0.4) is 0 Å². The van der Waals surface area contributed by atoms with E-state index in [2.05, 4.69) is 14.2 Å². The van der Waals surface area contributed by atoms with Crippen molar-refractivity contribution in [1.82, 2.24) is 0 Å². The van der Waals surface area contributed by atoms with E-state index in [9.17, 15) is 22.8 Å². The molecule has 0 saturated heterocycles. The Kier molecular flexibility index (Phi) is 9.92. The fourth-order valence-corrected chi connectivity index (χ4v) is 0.582. The zero-order valence-corrected chi connectivity index (χ0v) is 11.5. The molecule has 0 aromatic rings. The van der Waals surface area contributed by atoms with Crippen LogP contribution in [0.1, 0.15) is 20.8 Å². The maximum absolute atomic E-state index is 10.9. The molecule has 0 bridgehead atoms. The molecule has 0 aromatic carbocycles. The molecule has 8 nitrogen and oxygen atoms in total. The third-order valence-corrected chi connectivity index (χ3v) is 1.42. The third-order valence-electron chi connectivity index (χ3n) is 1.42. The molecule has 0 fully saturated rings. The number of halogens is 3. The predicted molar refractivity (Wildman–Crippen MR) is 61.0 cm³/mol. The second-order valence-corrected chi connectivity index (χ2v) is 3.40. The van der Waals surface area contributed by atoms with Crippen LogP contribution in [0, 0.1) is 0 Å². The van der Waals surface area contributed by atoms with Crippen LogP contribution in [0.4, 0.5) is 18.0 Å². The van der Waals surface area contributed by atoms with E-state index in [0.717, 1.165) is 0 Å². The van der Waals surface area contributed by atoms with Gasteiger partial charge in [-0.2, -0.15) is 13.2 Å². The molecule has 124 valence electrons. The van der Waals surface area contributed by atoms with Gasteiger partial charge in [-0.25, -0.2) is 9.59 Å². The number of carboxylic acids is 1. The molecule has 0 aliphatic carbocycles. The summed E-state index contributed by atoms with van der Waals surface area (Å²) >= 11 is 0. The van der Waals surface area contributed by atoms with E-state index < -0.39 is 36.6 Å². The van der Waals surface area contributed by atoms with Crippen LogP contribution in [0.2, 0.25) is 0 Å². The van der Waals surface area contributed by atoms with Crippen LogP contribution >= 0.6 is 0 Å². The van der Waals surface area contributed by atoms with Crippen molar-refractivity contribution >= 4 is 18.1 Å². The van der Waals surface area contributed by atoms with Crippen LogP contribution < -0.4 is 5.73 Å². The van der Waals surface area contributed by atoms with Crippen molar-refractivity contribution in [2.75, 3.05) is 6.61 Å². The molecule has 1 unspecified atom stereocenters. The van der Waals surface area contributed by atoms with E-state index in [1.54, 1.807) is 6.92 Å². The maximum Gasteiger partial charge on any atom is 0.511 e. The van der Waals surface area contributed by atoms with Gasteiger partial charge in [0, 0.05) is 6.92 Å². The lowest BCUT2D eigenvalue weighted by Gasteiger charge is -2.14. The van der Waals surface area contributed by atoms with Crippen LogP contribution in [0.15, 0.2) is 0 Å². The molecule has 0 aromatic heterocycles. The molecule has 0 amide bonds. The minimum Gasteiger partial charge on any atom is -0.475 e. The highest BCUT2D eigenvalue weighted by Gasteiger charge is 2.38. The van der Waals surface area contributed by atoms with Crippen molar-refractivity contribution < 1.29 is 46.9 Å². The number of carbonyl (C=O) groups excluding carboxylic acids is 2. The molecule has 0 radical (unpaired) electrons. The van der Waals surface area contributed by atoms with Gasteiger partial charge in [0.05, 0.1) is 6.61 Å². The SMILES string of the molecule is CCOC(=O)OC(C)OC(=O)[C@H](C)N.O=C(O)C(F)(F)F. The van der Waals surface area contributed by atoms with Crippen molar-refractivity contribution in [3.05, 3.63) is 0 Å². The van der Waals surface area contributed by atoms with Gasteiger partial charge in [-0.05, 0) is 13.8 Å². The van der Waals surface area contributed by atoms with Crippen molar-refractivity contribution in [3.63, 3.8) is 0 Å². The largest absolute Gasteiger partial charge is 0.511 e. The number of carboxylic acid groups (broad SMARTS) is 1. The Balaban J connectivity index is 0. The quantitative estimate of drug-likeness (QED) is 0.581. The number of esters is 1. The highest BCUT2D eigenvalue weighted by atomic mass is 19.4. The highest BCUT2D eigenvalue weighted by Crippen LogP contribution is 2.13. The number of hydrogen-bond acceptors (Lipinski definition) is 7. The third kappa shape index (κ3) is 12.7. The van der Waals surface area contributed by atoms with Crippen molar-refractivity contribution in [1.29, 1.82) is 0 Å². The number of nitrogens with two attached hydrogens (primary N) is 1. The Hall–Kier alpha value is -2.04. The van der Waals surface area contributed by atoms with E-state index in [1.165, 1.54) is 13.8 Å². The molecule has 11 heteroatoms. The van der Waals surface area contributed by atoms with Crippen LogP contribution in [0.25, 0.3) is 0 Å². The van der Waals surface area contributed by atoms with Crippen molar-refractivity contribution in [2.45, 2.75) is 39.3 Å². The molecule has 0 aliphatic heterocycles. The summed E-state index contributed by atoms with van der Waals surface area (Å²) in [5, 5.41) is 7.12. The molecular weight excluding hydrogens is 303 g/mol. The van der Waals surface area contributed by atoms with Gasteiger partial charge in [-0.3, -0.25) is 4.79 Å². The fraction of sp³-hybridized carbons (Fsp3) is 0.700. The number of hydrogen-bond donors (Lipinski definition) is 2. The van der Waals surface area contributed by atoms with Gasteiger partial charge in [-0.15, -0.1) is 0 Å². The minimum absolute atomic E-state index is 0.201. The minimum atomic E-state index is -5.08. The van der Waals surface area contributed by atoms with Crippen LogP contribution in [-0.2, 0) is 23.8 Å². The second kappa shape index (κ2) is 9.80. The summed E-state index contributed by atoms with van der Waals surface area (Å²) < 4.78 is 45.4. The maximum atomic E-state index is 10.9. The van der Waals surface area contributed by atoms with Gasteiger partial charge in [0.2, 0.25) is 6.29 Å². The first-order valence-electron chi connectivity index (χ1n) is 5.51. The summed E-state index contributed by atoms with van der Waals surface area (Å²) in [6.45, 7) is 4.71. The van der Waals surface area contributed by atoms with E-state index >= 15 is 0 Å². The number of alkyl halides is 3. The van der Waals surface area contributed by atoms with Gasteiger partial charge < -0.3 is 25.1 Å². The number of rotatable bonds is 4. The average Bonchev–Trinajstić information content (AvgIpc) is 2.27. The standard InChI is InChI=1S/C8H15NO5.C2HF3O2/c1-4-12-8(11)14-6(3)13-7(10)5(2)9;3-2(4,5)1(6)7/h5-6H,4,9H2,1-3H3;(H,6,7)/t5-,6?;/m0./s1. The molecule has 3 N–H and O–H groups in total. The zero-order valence-electron chi connectivity index (χ0n) is 11.5. The van der Waals surface area contributed by atoms with Crippen LogP contribution in [0.5, 0.6) is 0 Å². The number of aliphatic carboxylic acids is 1. The summed E-state index contributed by atoms with van der Waals surface area (Å²) in [4.78, 5) is 30.5. The number of carbonyl (C=O) groups is 3. The molecule has 0 aliphatic rings. The summed E-state index contributed by atoms with van der Waals surface area (Å²) in [5.41, 5.74) is 5.23. The van der Waals surface area contributed by atoms with Gasteiger partial charge in [-0.1, -0.05) is 0 Å². The molecule has 0 spiro atoms. The first-order valence-corrected chi connectivity index (χ1v) is 5.51. The summed E-state index contributed by atoms with van der Waals surface area (Å²) in [5.74, 6) is -3.39. The lowest BCUT2D eigenvalue weighted by Crippen LogP contribution is -2.33. The monoisotopic (exact) mass is 319 g/mol. The highest BCUT2D eigenvalue weighted by molar-refractivity contribution is 5.75. The molecule has 2 atom stereocenters. The summed E-state index contributed by atoms with van der Waals surface area (Å²) in [6, 6.07) is -0.747. The van der Waals surface area contributed by atoms with E-state index in [-0.39, 0.29) is 6.61 Å². The van der Waals surface area contributed by atoms with Gasteiger partial charge in [0.15, 0.2) is 0 Å². The van der Waals surface area contributed by atoms with Gasteiger partial charge in [0.25, 0.3) is 0 Å². The van der Waals surface area contributed by atoms with E-state index in [1.807, 2.05) is 0 Å². The lowest BCUT2D eigenvalue weighted by molar-refractivity contribution is -0.192. The Bertz CT molecular complexity index is 357. The zero-order chi connectivity index (χ0) is 17.2. The second-order valence-electron chi connectivity index (χ2n) is 3.40. The fourth-order valence-electron chi connectivity index (χ4n) is 0.582. The van der Waals surface area contributed by atoms with Crippen molar-refractivity contribution in [2.24, 2.45) is 5.73 Å². The van der Waals surface area contributed by atoms with Crippen molar-refractivity contribution in [3.8, 4) is 0 Å². The van der Waals surface area contributed by atoms with Gasteiger partial charge in [0.1, 0.15) is 6.04 Å². The smallest absolute Gasteiger partial charge is 0.475 e. The summed E-state index contributed by atoms with van der Waals surface area (Å²) in [7, 11) is 0. The molecule has 0 heterocycles. The Labute approximate surface area is 117 Å². The first-order chi connectivity index (χ1) is 9.41. The Morgan fingerprint density at radius 1 is 1.19 bits per heavy atom. The summed E-state index contributed by atoms with van der Waals surface area (Å²) in [6.07, 6.45) is -6.95. The van der Waals surface area contributed by atoms with Gasteiger partial charge >= 0.3 is 24.3 Å². The molecule has 21 heavy (non-hydrogen) atoms. The van der Waals surface area contributed by atoms with E-state index in [4.69, 9.17) is 15.6 Å². The Morgan fingerprint density at radius 2 is 1.62 bits per heavy atom. The molecule has 0 rings (SSSR count). The lowest BCUT2D eigenvalue weighted by atomic mass is 10.4. The Morgan fingerprint density at radius 3 is 1.90 bits per heavy atom. The molecule has 0 saturated carbocycles. The van der Waals surface area contributed by atoms with E-state index in [0.29, 0.717) is 0 Å². The van der Waals surface area contributed by atoms with Crippen LogP contribution in [-0.4, -0.2) is 48.3 Å². The first kappa shape index (κ1) is 21.3. The average molecular weight is 319 g/mol. The molecular formula is C10H16F3NO7.